The first-order chi connectivity index (χ1) is 24.4. The molecule has 1 aromatic rings. The molecule has 0 aromatic heterocycles. The third kappa shape index (κ3) is 29.8. The van der Waals surface area contributed by atoms with Crippen molar-refractivity contribution >= 4 is 11.8 Å². The number of nitrogens with one attached hydrogen (secondary N) is 2. The van der Waals surface area contributed by atoms with Crippen LogP contribution in [-0.4, -0.2) is 34.2 Å². The average molecular weight is 701 g/mol. The highest BCUT2D eigenvalue weighted by atomic mass is 16.3. The van der Waals surface area contributed by atoms with Crippen LogP contribution in [0.2, 0.25) is 0 Å². The quantitative estimate of drug-likeness (QED) is 0.0524. The second kappa shape index (κ2) is 34.2. The van der Waals surface area contributed by atoms with E-state index < -0.39 is 12.2 Å². The van der Waals surface area contributed by atoms with Crippen molar-refractivity contribution in [3.8, 4) is 0 Å². The predicted molar refractivity (Wildman–Crippen MR) is 212 cm³/mol. The fourth-order valence-electron chi connectivity index (χ4n) is 6.68. The van der Waals surface area contributed by atoms with Crippen molar-refractivity contribution in [2.24, 2.45) is 0 Å². The number of rotatable bonds is 36. The van der Waals surface area contributed by atoms with Crippen molar-refractivity contribution in [1.82, 2.24) is 10.6 Å². The van der Waals surface area contributed by atoms with Crippen molar-refractivity contribution in [1.29, 1.82) is 0 Å². The van der Waals surface area contributed by atoms with Gasteiger partial charge >= 0.3 is 0 Å². The van der Waals surface area contributed by atoms with Gasteiger partial charge in [-0.1, -0.05) is 192 Å². The van der Waals surface area contributed by atoms with Crippen LogP contribution in [0.1, 0.15) is 218 Å². The molecule has 0 saturated heterocycles. The standard InChI is InChI=1S/C44H80N2O4/c1-3-5-7-9-11-13-15-17-19-21-23-25-27-41(47)33-35-43(49)45-37-39-29-31-40(32-30-39)38-46-44(50)36-34-42(48)28-26-24-22-20-18-16-14-12-10-8-6-4-2/h29-32,41-42,47-48H,3-28,33-38H2,1-2H3,(H,45,49)(H,46,50). The maximum Gasteiger partial charge on any atom is 0.220 e. The summed E-state index contributed by atoms with van der Waals surface area (Å²) < 4.78 is 0. The van der Waals surface area contributed by atoms with Gasteiger partial charge in [-0.25, -0.2) is 0 Å². The van der Waals surface area contributed by atoms with Crippen molar-refractivity contribution in [3.63, 3.8) is 0 Å². The van der Waals surface area contributed by atoms with Crippen LogP contribution in [0.15, 0.2) is 24.3 Å². The molecular weight excluding hydrogens is 620 g/mol. The zero-order valence-corrected chi connectivity index (χ0v) is 32.8. The Hall–Kier alpha value is -1.92. The number of hydrogen-bond donors (Lipinski definition) is 4. The molecule has 2 atom stereocenters. The monoisotopic (exact) mass is 701 g/mol. The fraction of sp³-hybridized carbons (Fsp3) is 0.818. The van der Waals surface area contributed by atoms with Gasteiger partial charge in [-0.15, -0.1) is 0 Å². The highest BCUT2D eigenvalue weighted by Gasteiger charge is 2.10. The summed E-state index contributed by atoms with van der Waals surface area (Å²) in [4.78, 5) is 24.7. The molecule has 0 bridgehead atoms. The predicted octanol–water partition coefficient (Wildman–Crippen LogP) is 11.4. The summed E-state index contributed by atoms with van der Waals surface area (Å²) in [6, 6.07) is 7.90. The number of unbranched alkanes of at least 4 members (excludes halogenated alkanes) is 22. The SMILES string of the molecule is CCCCCCCCCCCCCCC(O)CCC(=O)NCc1ccc(CNC(=O)CCC(O)CCCCCCCCCCCCCC)cc1. The van der Waals surface area contributed by atoms with Crippen LogP contribution in [0.25, 0.3) is 0 Å². The second-order valence-electron chi connectivity index (χ2n) is 15.1. The van der Waals surface area contributed by atoms with Crippen molar-refractivity contribution in [2.45, 2.75) is 232 Å². The lowest BCUT2D eigenvalue weighted by atomic mass is 10.0. The molecule has 0 fully saturated rings. The molecule has 50 heavy (non-hydrogen) atoms. The fourth-order valence-corrected chi connectivity index (χ4v) is 6.68. The van der Waals surface area contributed by atoms with Crippen LogP contribution in [0.3, 0.4) is 0 Å². The van der Waals surface area contributed by atoms with E-state index in [9.17, 15) is 19.8 Å². The van der Waals surface area contributed by atoms with E-state index in [1.54, 1.807) is 0 Å². The Labute approximate surface area is 308 Å². The van der Waals surface area contributed by atoms with Gasteiger partial charge in [-0.05, 0) is 36.8 Å². The molecular formula is C44H80N2O4. The molecule has 4 N–H and O–H groups in total. The van der Waals surface area contributed by atoms with Crippen molar-refractivity contribution in [2.75, 3.05) is 0 Å². The lowest BCUT2D eigenvalue weighted by molar-refractivity contribution is -0.122. The zero-order valence-electron chi connectivity index (χ0n) is 32.8. The molecule has 1 aromatic carbocycles. The minimum atomic E-state index is -0.402. The molecule has 0 aliphatic rings. The van der Waals surface area contributed by atoms with Gasteiger partial charge in [0.1, 0.15) is 0 Å². The first-order valence-corrected chi connectivity index (χ1v) is 21.4. The van der Waals surface area contributed by atoms with Gasteiger partial charge in [0.25, 0.3) is 0 Å². The van der Waals surface area contributed by atoms with E-state index in [-0.39, 0.29) is 11.8 Å². The Morgan fingerprint density at radius 1 is 0.440 bits per heavy atom. The summed E-state index contributed by atoms with van der Waals surface area (Å²) in [6.45, 7) is 5.44. The smallest absolute Gasteiger partial charge is 0.220 e. The van der Waals surface area contributed by atoms with Gasteiger partial charge in [0.05, 0.1) is 12.2 Å². The first-order valence-electron chi connectivity index (χ1n) is 21.4. The number of amides is 2. The van der Waals surface area contributed by atoms with Crippen LogP contribution < -0.4 is 10.6 Å². The molecule has 0 saturated carbocycles. The number of benzene rings is 1. The first kappa shape index (κ1) is 46.1. The largest absolute Gasteiger partial charge is 0.393 e. The molecule has 2 unspecified atom stereocenters. The number of hydrogen-bond acceptors (Lipinski definition) is 4. The van der Waals surface area contributed by atoms with Crippen LogP contribution in [-0.2, 0) is 22.7 Å². The lowest BCUT2D eigenvalue weighted by Gasteiger charge is -2.12. The Balaban J connectivity index is 2.00. The van der Waals surface area contributed by atoms with Gasteiger partial charge in [0.2, 0.25) is 11.8 Å². The number of aliphatic hydroxyl groups excluding tert-OH is 2. The molecule has 0 spiro atoms. The highest BCUT2D eigenvalue weighted by molar-refractivity contribution is 5.76. The summed E-state index contributed by atoms with van der Waals surface area (Å²) in [6.07, 6.45) is 33.9. The summed E-state index contributed by atoms with van der Waals surface area (Å²) >= 11 is 0. The Morgan fingerprint density at radius 3 is 0.980 bits per heavy atom. The van der Waals surface area contributed by atoms with Gasteiger partial charge in [0.15, 0.2) is 0 Å². The van der Waals surface area contributed by atoms with E-state index in [2.05, 4.69) is 24.5 Å². The minimum absolute atomic E-state index is 0.0314. The van der Waals surface area contributed by atoms with E-state index >= 15 is 0 Å². The molecule has 6 heteroatoms. The normalized spacial score (nSPS) is 12.6. The van der Waals surface area contributed by atoms with Gasteiger partial charge in [0, 0.05) is 25.9 Å². The number of carbonyl (C=O) groups is 2. The molecule has 0 aliphatic heterocycles. The van der Waals surface area contributed by atoms with Gasteiger partial charge in [-0.3, -0.25) is 9.59 Å². The minimum Gasteiger partial charge on any atom is -0.393 e. The van der Waals surface area contributed by atoms with Gasteiger partial charge < -0.3 is 20.8 Å². The van der Waals surface area contributed by atoms with E-state index in [1.807, 2.05) is 24.3 Å². The van der Waals surface area contributed by atoms with Crippen molar-refractivity contribution < 1.29 is 19.8 Å². The van der Waals surface area contributed by atoms with E-state index in [0.717, 1.165) is 36.8 Å². The number of carbonyl (C=O) groups excluding carboxylic acids is 2. The van der Waals surface area contributed by atoms with E-state index in [4.69, 9.17) is 0 Å². The van der Waals surface area contributed by atoms with E-state index in [1.165, 1.54) is 141 Å². The molecule has 1 rings (SSSR count). The Bertz CT molecular complexity index is 833. The molecule has 2 amide bonds. The van der Waals surface area contributed by atoms with Crippen LogP contribution in [0.4, 0.5) is 0 Å². The molecule has 0 radical (unpaired) electrons. The highest BCUT2D eigenvalue weighted by Crippen LogP contribution is 2.16. The molecule has 0 aliphatic carbocycles. The number of aliphatic hydroxyl groups is 2. The molecule has 290 valence electrons. The topological polar surface area (TPSA) is 98.7 Å². The summed E-state index contributed by atoms with van der Waals surface area (Å²) in [5.74, 6) is -0.0628. The summed E-state index contributed by atoms with van der Waals surface area (Å²) in [5, 5.41) is 26.5. The van der Waals surface area contributed by atoms with Crippen LogP contribution in [0, 0.1) is 0 Å². The maximum atomic E-state index is 12.3. The van der Waals surface area contributed by atoms with Gasteiger partial charge in [-0.2, -0.15) is 0 Å². The van der Waals surface area contributed by atoms with E-state index in [0.29, 0.717) is 38.8 Å². The summed E-state index contributed by atoms with van der Waals surface area (Å²) in [7, 11) is 0. The Kier molecular flexibility index (Phi) is 31.5. The summed E-state index contributed by atoms with van der Waals surface area (Å²) in [5.41, 5.74) is 2.01. The Morgan fingerprint density at radius 2 is 0.700 bits per heavy atom. The third-order valence-corrected chi connectivity index (χ3v) is 10.2. The lowest BCUT2D eigenvalue weighted by Crippen LogP contribution is -2.24. The zero-order chi connectivity index (χ0) is 36.3. The molecule has 0 heterocycles. The maximum absolute atomic E-state index is 12.3. The third-order valence-electron chi connectivity index (χ3n) is 10.2. The van der Waals surface area contributed by atoms with Crippen LogP contribution in [0.5, 0.6) is 0 Å². The average Bonchev–Trinajstić information content (AvgIpc) is 3.12. The second-order valence-corrected chi connectivity index (χ2v) is 15.1. The van der Waals surface area contributed by atoms with Crippen molar-refractivity contribution in [3.05, 3.63) is 35.4 Å². The van der Waals surface area contributed by atoms with Crippen LogP contribution >= 0.6 is 0 Å². The molecule has 6 nitrogen and oxygen atoms in total.